The van der Waals surface area contributed by atoms with Gasteiger partial charge in [0, 0.05) is 45.3 Å². The minimum absolute atomic E-state index is 0.0151. The molecular formula is C15H20N4O2. The molecule has 6 nitrogen and oxygen atoms in total. The third-order valence-corrected chi connectivity index (χ3v) is 2.70. The van der Waals surface area contributed by atoms with Crippen molar-refractivity contribution in [1.82, 2.24) is 5.32 Å². The Hall–Kier alpha value is -2.52. The van der Waals surface area contributed by atoms with Gasteiger partial charge >= 0.3 is 0 Å². The highest BCUT2D eigenvalue weighted by Gasteiger charge is 2.07. The average molecular weight is 288 g/mol. The Kier molecular flexibility index (Phi) is 6.78. The lowest BCUT2D eigenvalue weighted by Gasteiger charge is -2.13. The molecule has 1 amide bonds. The van der Waals surface area contributed by atoms with E-state index >= 15 is 0 Å². The SMILES string of the molecule is COCCNC(=O)/C(C#N)=C\Nc1cccc(N(C)C)c1. The van der Waals surface area contributed by atoms with Crippen molar-refractivity contribution in [1.29, 1.82) is 5.26 Å². The maximum absolute atomic E-state index is 11.7. The van der Waals surface area contributed by atoms with E-state index in [1.54, 1.807) is 7.11 Å². The Balaban J connectivity index is 2.70. The Morgan fingerprint density at radius 3 is 2.86 bits per heavy atom. The highest BCUT2D eigenvalue weighted by Crippen LogP contribution is 2.17. The predicted molar refractivity (Wildman–Crippen MR) is 83.0 cm³/mol. The molecule has 0 aliphatic carbocycles. The lowest BCUT2D eigenvalue weighted by atomic mass is 10.2. The molecule has 0 heterocycles. The monoisotopic (exact) mass is 288 g/mol. The van der Waals surface area contributed by atoms with E-state index in [1.807, 2.05) is 49.3 Å². The van der Waals surface area contributed by atoms with Crippen LogP contribution in [0.25, 0.3) is 0 Å². The molecule has 1 rings (SSSR count). The molecule has 21 heavy (non-hydrogen) atoms. The zero-order valence-corrected chi connectivity index (χ0v) is 12.5. The summed E-state index contributed by atoms with van der Waals surface area (Å²) < 4.78 is 4.83. The lowest BCUT2D eigenvalue weighted by Crippen LogP contribution is -2.28. The average Bonchev–Trinajstić information content (AvgIpc) is 2.48. The molecule has 0 aliphatic rings. The van der Waals surface area contributed by atoms with E-state index in [2.05, 4.69) is 10.6 Å². The summed E-state index contributed by atoms with van der Waals surface area (Å²) in [5, 5.41) is 14.6. The van der Waals surface area contributed by atoms with Gasteiger partial charge in [0.25, 0.3) is 5.91 Å². The van der Waals surface area contributed by atoms with E-state index in [0.717, 1.165) is 11.4 Å². The van der Waals surface area contributed by atoms with Crippen molar-refractivity contribution in [3.05, 3.63) is 36.0 Å². The van der Waals surface area contributed by atoms with Crippen LogP contribution < -0.4 is 15.5 Å². The normalized spacial score (nSPS) is 10.7. The third kappa shape index (κ3) is 5.55. The number of nitrogens with zero attached hydrogens (tertiary/aromatic N) is 2. The molecule has 0 saturated heterocycles. The van der Waals surface area contributed by atoms with Gasteiger partial charge in [0.2, 0.25) is 0 Å². The Morgan fingerprint density at radius 2 is 2.24 bits per heavy atom. The fourth-order valence-electron chi connectivity index (χ4n) is 1.54. The molecule has 0 atom stereocenters. The second kappa shape index (κ2) is 8.61. The van der Waals surface area contributed by atoms with Crippen LogP contribution in [0.3, 0.4) is 0 Å². The van der Waals surface area contributed by atoms with Gasteiger partial charge < -0.3 is 20.3 Å². The molecular weight excluding hydrogens is 268 g/mol. The smallest absolute Gasteiger partial charge is 0.263 e. The molecule has 0 aliphatic heterocycles. The van der Waals surface area contributed by atoms with Crippen LogP contribution >= 0.6 is 0 Å². The van der Waals surface area contributed by atoms with Crippen LogP contribution in [0.1, 0.15) is 0 Å². The fraction of sp³-hybridized carbons (Fsp3) is 0.333. The molecule has 112 valence electrons. The number of benzene rings is 1. The molecule has 1 aromatic carbocycles. The molecule has 0 fully saturated rings. The number of nitriles is 1. The Morgan fingerprint density at radius 1 is 1.48 bits per heavy atom. The van der Waals surface area contributed by atoms with Gasteiger partial charge in [0.05, 0.1) is 6.61 Å². The topological polar surface area (TPSA) is 77.4 Å². The number of hydrogen-bond acceptors (Lipinski definition) is 5. The zero-order chi connectivity index (χ0) is 15.7. The lowest BCUT2D eigenvalue weighted by molar-refractivity contribution is -0.117. The molecule has 0 aromatic heterocycles. The first-order chi connectivity index (χ1) is 10.1. The molecule has 0 radical (unpaired) electrons. The van der Waals surface area contributed by atoms with Crippen molar-refractivity contribution in [2.45, 2.75) is 0 Å². The summed E-state index contributed by atoms with van der Waals surface area (Å²) in [6.07, 6.45) is 1.40. The van der Waals surface area contributed by atoms with Crippen LogP contribution in [0.15, 0.2) is 36.0 Å². The van der Waals surface area contributed by atoms with Gasteiger partial charge in [-0.3, -0.25) is 4.79 Å². The number of anilines is 2. The summed E-state index contributed by atoms with van der Waals surface area (Å²) in [6.45, 7) is 0.771. The minimum Gasteiger partial charge on any atom is -0.383 e. The summed E-state index contributed by atoms with van der Waals surface area (Å²) in [7, 11) is 5.43. The van der Waals surface area contributed by atoms with Crippen LogP contribution in [0.4, 0.5) is 11.4 Å². The largest absolute Gasteiger partial charge is 0.383 e. The molecule has 0 spiro atoms. The maximum atomic E-state index is 11.7. The first kappa shape index (κ1) is 16.5. The van der Waals surface area contributed by atoms with E-state index in [-0.39, 0.29) is 5.57 Å². The van der Waals surface area contributed by atoms with Crippen LogP contribution in [-0.2, 0) is 9.53 Å². The van der Waals surface area contributed by atoms with Crippen LogP contribution in [0.5, 0.6) is 0 Å². The third-order valence-electron chi connectivity index (χ3n) is 2.70. The Bertz CT molecular complexity index is 547. The summed E-state index contributed by atoms with van der Waals surface area (Å²) in [5.74, 6) is -0.425. The van der Waals surface area contributed by atoms with Gasteiger partial charge in [0.1, 0.15) is 11.6 Å². The van der Waals surface area contributed by atoms with E-state index < -0.39 is 5.91 Å². The van der Waals surface area contributed by atoms with Gasteiger partial charge in [-0.05, 0) is 18.2 Å². The zero-order valence-electron chi connectivity index (χ0n) is 12.5. The van der Waals surface area contributed by atoms with Crippen molar-refractivity contribution in [2.24, 2.45) is 0 Å². The summed E-state index contributed by atoms with van der Waals surface area (Å²) in [6, 6.07) is 9.53. The number of methoxy groups -OCH3 is 1. The summed E-state index contributed by atoms with van der Waals surface area (Å²) in [5.41, 5.74) is 1.84. The van der Waals surface area contributed by atoms with Gasteiger partial charge in [-0.25, -0.2) is 0 Å². The number of hydrogen-bond donors (Lipinski definition) is 2. The fourth-order valence-corrected chi connectivity index (χ4v) is 1.54. The number of nitrogens with one attached hydrogen (secondary N) is 2. The predicted octanol–water partition coefficient (Wildman–Crippen LogP) is 1.33. The van der Waals surface area contributed by atoms with Gasteiger partial charge in [-0.15, -0.1) is 0 Å². The summed E-state index contributed by atoms with van der Waals surface area (Å²) in [4.78, 5) is 13.7. The number of carbonyl (C=O) groups is 1. The standard InChI is InChI=1S/C15H20N4O2/c1-19(2)14-6-4-5-13(9-14)18-11-12(10-16)15(20)17-7-8-21-3/h4-6,9,11,18H,7-8H2,1-3H3,(H,17,20)/b12-11-. The van der Waals surface area contributed by atoms with E-state index in [0.29, 0.717) is 13.2 Å². The van der Waals surface area contributed by atoms with Crippen LogP contribution in [0.2, 0.25) is 0 Å². The molecule has 6 heteroatoms. The van der Waals surface area contributed by atoms with E-state index in [4.69, 9.17) is 10.00 Å². The molecule has 0 bridgehead atoms. The minimum atomic E-state index is -0.425. The van der Waals surface area contributed by atoms with Gasteiger partial charge in [-0.2, -0.15) is 5.26 Å². The maximum Gasteiger partial charge on any atom is 0.263 e. The van der Waals surface area contributed by atoms with E-state index in [9.17, 15) is 4.79 Å². The molecule has 0 saturated carbocycles. The van der Waals surface area contributed by atoms with Crippen molar-refractivity contribution in [3.8, 4) is 6.07 Å². The number of carbonyl (C=O) groups excluding carboxylic acids is 1. The second-order valence-corrected chi connectivity index (χ2v) is 4.51. The second-order valence-electron chi connectivity index (χ2n) is 4.51. The highest BCUT2D eigenvalue weighted by molar-refractivity contribution is 5.97. The first-order valence-corrected chi connectivity index (χ1v) is 6.49. The Labute approximate surface area is 125 Å². The molecule has 1 aromatic rings. The van der Waals surface area contributed by atoms with Crippen LogP contribution in [-0.4, -0.2) is 40.3 Å². The number of ether oxygens (including phenoxy) is 1. The number of rotatable bonds is 7. The first-order valence-electron chi connectivity index (χ1n) is 6.49. The van der Waals surface area contributed by atoms with Crippen LogP contribution in [0, 0.1) is 11.3 Å². The number of amides is 1. The molecule has 0 unspecified atom stereocenters. The van der Waals surface area contributed by atoms with Crippen molar-refractivity contribution < 1.29 is 9.53 Å². The van der Waals surface area contributed by atoms with Gasteiger partial charge in [0.15, 0.2) is 0 Å². The summed E-state index contributed by atoms with van der Waals surface area (Å²) >= 11 is 0. The van der Waals surface area contributed by atoms with Crippen molar-refractivity contribution >= 4 is 17.3 Å². The van der Waals surface area contributed by atoms with Gasteiger partial charge in [-0.1, -0.05) is 6.07 Å². The van der Waals surface area contributed by atoms with E-state index in [1.165, 1.54) is 6.20 Å². The quantitative estimate of drug-likeness (QED) is 0.450. The van der Waals surface area contributed by atoms with Crippen molar-refractivity contribution in [2.75, 3.05) is 44.6 Å². The highest BCUT2D eigenvalue weighted by atomic mass is 16.5. The van der Waals surface area contributed by atoms with Crippen molar-refractivity contribution in [3.63, 3.8) is 0 Å². The molecule has 2 N–H and O–H groups in total.